The van der Waals surface area contributed by atoms with Crippen molar-refractivity contribution in [1.82, 2.24) is 10.2 Å². The maximum atomic E-state index is 3.67. The minimum absolute atomic E-state index is 0.691. The molecule has 0 aliphatic carbocycles. The lowest BCUT2D eigenvalue weighted by molar-refractivity contribution is 0.268. The monoisotopic (exact) mass is 232 g/mol. The molecule has 2 heteroatoms. The van der Waals surface area contributed by atoms with Crippen LogP contribution < -0.4 is 5.32 Å². The van der Waals surface area contributed by atoms with Crippen LogP contribution in [-0.2, 0) is 6.42 Å². The summed E-state index contributed by atoms with van der Waals surface area (Å²) in [4.78, 5) is 2.56. The van der Waals surface area contributed by atoms with Crippen LogP contribution in [0.1, 0.15) is 25.8 Å². The smallest absolute Gasteiger partial charge is 0.0207 e. The number of nitrogens with one attached hydrogen (secondary N) is 1. The fourth-order valence-corrected chi connectivity index (χ4v) is 2.49. The van der Waals surface area contributed by atoms with Gasteiger partial charge in [-0.05, 0) is 45.3 Å². The van der Waals surface area contributed by atoms with Crippen molar-refractivity contribution in [2.45, 2.75) is 38.8 Å². The topological polar surface area (TPSA) is 15.3 Å². The van der Waals surface area contributed by atoms with Crippen LogP contribution in [0.15, 0.2) is 30.3 Å². The van der Waals surface area contributed by atoms with Crippen LogP contribution in [0.25, 0.3) is 0 Å². The van der Waals surface area contributed by atoms with Gasteiger partial charge in [-0.3, -0.25) is 4.90 Å². The van der Waals surface area contributed by atoms with Gasteiger partial charge in [0.1, 0.15) is 0 Å². The summed E-state index contributed by atoms with van der Waals surface area (Å²) >= 11 is 0. The van der Waals surface area contributed by atoms with Crippen LogP contribution in [0.2, 0.25) is 0 Å². The molecule has 1 saturated heterocycles. The van der Waals surface area contributed by atoms with E-state index in [0.717, 1.165) is 13.0 Å². The second kappa shape index (κ2) is 6.18. The first-order valence-corrected chi connectivity index (χ1v) is 6.77. The molecule has 1 aromatic rings. The van der Waals surface area contributed by atoms with Gasteiger partial charge in [0.25, 0.3) is 0 Å². The third kappa shape index (κ3) is 3.83. The van der Waals surface area contributed by atoms with Gasteiger partial charge in [0.15, 0.2) is 0 Å². The average molecular weight is 232 g/mol. The molecule has 17 heavy (non-hydrogen) atoms. The van der Waals surface area contributed by atoms with E-state index in [0.29, 0.717) is 12.1 Å². The summed E-state index contributed by atoms with van der Waals surface area (Å²) in [6.07, 6.45) is 2.44. The van der Waals surface area contributed by atoms with Crippen molar-refractivity contribution in [3.63, 3.8) is 0 Å². The molecule has 0 amide bonds. The molecule has 1 aromatic carbocycles. The Morgan fingerprint density at radius 3 is 2.71 bits per heavy atom. The zero-order valence-electron chi connectivity index (χ0n) is 11.0. The maximum absolute atomic E-state index is 3.67. The fourth-order valence-electron chi connectivity index (χ4n) is 2.49. The van der Waals surface area contributed by atoms with E-state index < -0.39 is 0 Å². The van der Waals surface area contributed by atoms with Crippen LogP contribution in [0.4, 0.5) is 0 Å². The molecule has 2 nitrogen and oxygen atoms in total. The molecule has 0 aromatic heterocycles. The summed E-state index contributed by atoms with van der Waals surface area (Å²) in [5.74, 6) is 0. The molecule has 1 heterocycles. The molecule has 1 N–H and O–H groups in total. The molecule has 0 unspecified atom stereocenters. The average Bonchev–Trinajstić information content (AvgIpc) is 2.79. The van der Waals surface area contributed by atoms with Crippen molar-refractivity contribution >= 4 is 0 Å². The minimum atomic E-state index is 0.691. The Morgan fingerprint density at radius 1 is 1.29 bits per heavy atom. The zero-order valence-corrected chi connectivity index (χ0v) is 11.0. The molecule has 0 saturated carbocycles. The van der Waals surface area contributed by atoms with Crippen LogP contribution in [0.3, 0.4) is 0 Å². The molecule has 0 bridgehead atoms. The highest BCUT2D eigenvalue weighted by Gasteiger charge is 2.23. The van der Waals surface area contributed by atoms with Gasteiger partial charge in [-0.15, -0.1) is 0 Å². The third-order valence-corrected chi connectivity index (χ3v) is 3.64. The molecule has 1 aliphatic rings. The van der Waals surface area contributed by atoms with Crippen molar-refractivity contribution in [2.75, 3.05) is 19.6 Å². The second-order valence-electron chi connectivity index (χ2n) is 5.26. The van der Waals surface area contributed by atoms with E-state index in [1.54, 1.807) is 0 Å². The van der Waals surface area contributed by atoms with Crippen molar-refractivity contribution in [2.24, 2.45) is 0 Å². The van der Waals surface area contributed by atoms with Crippen molar-refractivity contribution in [3.8, 4) is 0 Å². The number of rotatable bonds is 5. The Bertz CT molecular complexity index is 321. The normalized spacial score (nSPS) is 21.2. The highest BCUT2D eigenvalue weighted by Crippen LogP contribution is 2.12. The van der Waals surface area contributed by atoms with Gasteiger partial charge < -0.3 is 5.32 Å². The Labute approximate surface area is 105 Å². The molecule has 94 valence electrons. The van der Waals surface area contributed by atoms with Gasteiger partial charge >= 0.3 is 0 Å². The molecule has 1 aliphatic heterocycles. The van der Waals surface area contributed by atoms with E-state index >= 15 is 0 Å². The highest BCUT2D eigenvalue weighted by atomic mass is 15.2. The lowest BCUT2D eigenvalue weighted by Gasteiger charge is -2.20. The van der Waals surface area contributed by atoms with Crippen molar-refractivity contribution in [3.05, 3.63) is 35.9 Å². The summed E-state index contributed by atoms with van der Waals surface area (Å²) in [6.45, 7) is 8.13. The minimum Gasteiger partial charge on any atom is -0.312 e. The summed E-state index contributed by atoms with van der Waals surface area (Å²) < 4.78 is 0. The second-order valence-corrected chi connectivity index (χ2v) is 5.26. The first-order chi connectivity index (χ1) is 8.25. The van der Waals surface area contributed by atoms with Crippen LogP contribution >= 0.6 is 0 Å². The van der Waals surface area contributed by atoms with Crippen LogP contribution in [-0.4, -0.2) is 36.6 Å². The van der Waals surface area contributed by atoms with Gasteiger partial charge in [0.05, 0.1) is 0 Å². The molecular formula is C15H24N2. The van der Waals surface area contributed by atoms with E-state index in [1.807, 2.05) is 0 Å². The van der Waals surface area contributed by atoms with Gasteiger partial charge in [-0.1, -0.05) is 30.3 Å². The number of hydrogen-bond acceptors (Lipinski definition) is 2. The summed E-state index contributed by atoms with van der Waals surface area (Å²) in [5.41, 5.74) is 1.43. The Morgan fingerprint density at radius 2 is 2.06 bits per heavy atom. The Hall–Kier alpha value is -0.860. The molecule has 0 radical (unpaired) electrons. The zero-order chi connectivity index (χ0) is 12.1. The lowest BCUT2D eigenvalue weighted by atomic mass is 10.1. The van der Waals surface area contributed by atoms with E-state index in [9.17, 15) is 0 Å². The molecule has 1 fully saturated rings. The van der Waals surface area contributed by atoms with Gasteiger partial charge in [0, 0.05) is 18.6 Å². The highest BCUT2D eigenvalue weighted by molar-refractivity contribution is 5.14. The third-order valence-electron chi connectivity index (χ3n) is 3.64. The molecule has 1 atom stereocenters. The van der Waals surface area contributed by atoms with Crippen LogP contribution in [0, 0.1) is 0 Å². The molecule has 2 rings (SSSR count). The lowest BCUT2D eigenvalue weighted by Crippen LogP contribution is -2.36. The number of likely N-dealkylation sites (tertiary alicyclic amines) is 1. The first-order valence-electron chi connectivity index (χ1n) is 6.77. The Balaban J connectivity index is 1.67. The number of benzene rings is 1. The van der Waals surface area contributed by atoms with Crippen LogP contribution in [0.5, 0.6) is 0 Å². The van der Waals surface area contributed by atoms with Crippen molar-refractivity contribution in [1.29, 1.82) is 0 Å². The first kappa shape index (κ1) is 12.6. The summed E-state index contributed by atoms with van der Waals surface area (Å²) in [7, 11) is 0. The number of nitrogens with zero attached hydrogens (tertiary/aromatic N) is 1. The fraction of sp³-hybridized carbons (Fsp3) is 0.600. The van der Waals surface area contributed by atoms with E-state index in [1.165, 1.54) is 25.1 Å². The van der Waals surface area contributed by atoms with E-state index in [-0.39, 0.29) is 0 Å². The van der Waals surface area contributed by atoms with Gasteiger partial charge in [-0.25, -0.2) is 0 Å². The van der Waals surface area contributed by atoms with Crippen molar-refractivity contribution < 1.29 is 0 Å². The predicted molar refractivity (Wildman–Crippen MR) is 73.3 cm³/mol. The standard InChI is InChI=1S/C15H24N2/c1-13(2)17-11-9-15(12-17)16-10-8-14-6-4-3-5-7-14/h3-7,13,15-16H,8-12H2,1-2H3/t15-/m1/s1. The van der Waals surface area contributed by atoms with E-state index in [4.69, 9.17) is 0 Å². The van der Waals surface area contributed by atoms with Gasteiger partial charge in [0.2, 0.25) is 0 Å². The molecule has 0 spiro atoms. The maximum Gasteiger partial charge on any atom is 0.0207 e. The largest absolute Gasteiger partial charge is 0.312 e. The summed E-state index contributed by atoms with van der Waals surface area (Å²) in [5, 5.41) is 3.67. The number of hydrogen-bond donors (Lipinski definition) is 1. The van der Waals surface area contributed by atoms with E-state index in [2.05, 4.69) is 54.4 Å². The Kier molecular flexibility index (Phi) is 4.57. The quantitative estimate of drug-likeness (QED) is 0.838. The summed E-state index contributed by atoms with van der Waals surface area (Å²) in [6, 6.07) is 12.1. The predicted octanol–water partition coefficient (Wildman–Crippen LogP) is 2.30. The molecular weight excluding hydrogens is 208 g/mol. The van der Waals surface area contributed by atoms with Gasteiger partial charge in [-0.2, -0.15) is 0 Å². The SMILES string of the molecule is CC(C)N1CC[C@@H](NCCc2ccccc2)C1.